The van der Waals surface area contributed by atoms with Crippen LogP contribution in [0.15, 0.2) is 18.2 Å². The van der Waals surface area contributed by atoms with Gasteiger partial charge in [0, 0.05) is 11.6 Å². The zero-order valence-electron chi connectivity index (χ0n) is 18.3. The summed E-state index contributed by atoms with van der Waals surface area (Å²) in [5.41, 5.74) is 1.29. The van der Waals surface area contributed by atoms with E-state index < -0.39 is 29.3 Å². The van der Waals surface area contributed by atoms with Gasteiger partial charge >= 0.3 is 6.03 Å². The first-order valence-corrected chi connectivity index (χ1v) is 10.6. The van der Waals surface area contributed by atoms with Crippen molar-refractivity contribution in [2.24, 2.45) is 11.3 Å². The first kappa shape index (κ1) is 24.7. The van der Waals surface area contributed by atoms with E-state index in [0.29, 0.717) is 28.9 Å². The van der Waals surface area contributed by atoms with Gasteiger partial charge in [-0.05, 0) is 42.4 Å². The summed E-state index contributed by atoms with van der Waals surface area (Å²) in [5, 5.41) is 14.7. The van der Waals surface area contributed by atoms with Gasteiger partial charge in [-0.3, -0.25) is 14.8 Å². The fraction of sp³-hybridized carbons (Fsp3) is 0.571. The number of nitrogens with zero attached hydrogens (tertiary/aromatic N) is 1. The van der Waals surface area contributed by atoms with Crippen LogP contribution < -0.4 is 20.9 Å². The van der Waals surface area contributed by atoms with E-state index in [1.54, 1.807) is 23.7 Å². The first-order chi connectivity index (χ1) is 14.5. The van der Waals surface area contributed by atoms with Crippen molar-refractivity contribution in [3.63, 3.8) is 0 Å². The Morgan fingerprint density at radius 2 is 1.97 bits per heavy atom. The molecule has 1 unspecified atom stereocenters. The summed E-state index contributed by atoms with van der Waals surface area (Å²) in [7, 11) is 1.47. The Morgan fingerprint density at radius 1 is 1.29 bits per heavy atom. The van der Waals surface area contributed by atoms with Crippen LogP contribution in [-0.4, -0.2) is 54.2 Å². The molecule has 0 bridgehead atoms. The molecule has 10 heteroatoms. The number of urea groups is 1. The lowest BCUT2D eigenvalue weighted by Crippen LogP contribution is -2.57. The third-order valence-electron chi connectivity index (χ3n) is 5.27. The normalized spacial score (nSPS) is 14.8. The van der Waals surface area contributed by atoms with Gasteiger partial charge in [0.2, 0.25) is 5.91 Å². The molecule has 0 aromatic heterocycles. The predicted molar refractivity (Wildman–Crippen MR) is 117 cm³/mol. The van der Waals surface area contributed by atoms with E-state index in [-0.39, 0.29) is 6.54 Å². The summed E-state index contributed by atoms with van der Waals surface area (Å²) < 4.78 is 5.23. The lowest BCUT2D eigenvalue weighted by Gasteiger charge is -2.37. The first-order valence-electron chi connectivity index (χ1n) is 10.2. The third kappa shape index (κ3) is 7.00. The molecule has 1 aliphatic carbocycles. The molecule has 0 spiro atoms. The number of carbonyl (C=O) groups is 3. The third-order valence-corrected chi connectivity index (χ3v) is 5.51. The molecule has 9 nitrogen and oxygen atoms in total. The van der Waals surface area contributed by atoms with Crippen LogP contribution in [0.3, 0.4) is 0 Å². The molecule has 172 valence electrons. The van der Waals surface area contributed by atoms with Gasteiger partial charge in [-0.25, -0.2) is 10.3 Å². The van der Waals surface area contributed by atoms with Crippen molar-refractivity contribution >= 4 is 35.1 Å². The number of benzene rings is 1. The lowest BCUT2D eigenvalue weighted by atomic mass is 9.83. The number of nitrogens with one attached hydrogen (secondary N) is 3. The number of hydrogen-bond acceptors (Lipinski definition) is 5. The number of methoxy groups -OCH3 is 1. The average molecular weight is 455 g/mol. The van der Waals surface area contributed by atoms with E-state index >= 15 is 0 Å². The van der Waals surface area contributed by atoms with Crippen molar-refractivity contribution in [2.75, 3.05) is 25.5 Å². The molecule has 2 rings (SSSR count). The molecule has 1 saturated carbocycles. The second-order valence-corrected chi connectivity index (χ2v) is 9.23. The number of carbonyl (C=O) groups excluding carboxylic acids is 3. The van der Waals surface area contributed by atoms with Gasteiger partial charge in [0.05, 0.1) is 12.8 Å². The molecule has 0 aliphatic heterocycles. The summed E-state index contributed by atoms with van der Waals surface area (Å²) in [5.74, 6) is -0.352. The highest BCUT2D eigenvalue weighted by Crippen LogP contribution is 2.30. The van der Waals surface area contributed by atoms with Crippen LogP contribution in [0.2, 0.25) is 5.02 Å². The molecule has 0 heterocycles. The standard InChI is InChI=1S/C21H31ClN4O5/c1-21(2,3)18(19(28)26(12-17(27)25-30)11-13-6-5-7-13)24-20(29)23-15-10-14(22)8-9-16(15)31-4/h8-10,13,18,30H,5-7,11-12H2,1-4H3,(H,25,27)(H2,23,24,29). The minimum Gasteiger partial charge on any atom is -0.495 e. The van der Waals surface area contributed by atoms with Crippen LogP contribution in [0.1, 0.15) is 40.0 Å². The van der Waals surface area contributed by atoms with Crippen LogP contribution in [0, 0.1) is 11.3 Å². The molecule has 1 fully saturated rings. The molecule has 0 radical (unpaired) electrons. The zero-order chi connectivity index (χ0) is 23.2. The van der Waals surface area contributed by atoms with Crippen molar-refractivity contribution in [1.82, 2.24) is 15.7 Å². The smallest absolute Gasteiger partial charge is 0.320 e. The molecular weight excluding hydrogens is 424 g/mol. The van der Waals surface area contributed by atoms with Crippen molar-refractivity contribution < 1.29 is 24.3 Å². The van der Waals surface area contributed by atoms with E-state index in [1.807, 2.05) is 20.8 Å². The van der Waals surface area contributed by atoms with E-state index in [9.17, 15) is 14.4 Å². The maximum atomic E-state index is 13.4. The van der Waals surface area contributed by atoms with Crippen molar-refractivity contribution in [3.8, 4) is 5.75 Å². The Hall–Kier alpha value is -2.52. The van der Waals surface area contributed by atoms with Gasteiger partial charge in [0.1, 0.15) is 18.3 Å². The summed E-state index contributed by atoms with van der Waals surface area (Å²) in [6.45, 7) is 5.57. The molecule has 1 aromatic rings. The molecule has 4 N–H and O–H groups in total. The Labute approximate surface area is 187 Å². The van der Waals surface area contributed by atoms with Gasteiger partial charge < -0.3 is 20.3 Å². The molecule has 1 atom stereocenters. The van der Waals surface area contributed by atoms with E-state index in [1.165, 1.54) is 12.0 Å². The van der Waals surface area contributed by atoms with Crippen LogP contribution in [-0.2, 0) is 9.59 Å². The maximum Gasteiger partial charge on any atom is 0.320 e. The Kier molecular flexibility index (Phi) is 8.52. The fourth-order valence-electron chi connectivity index (χ4n) is 3.33. The molecule has 0 saturated heterocycles. The Balaban J connectivity index is 2.18. The lowest BCUT2D eigenvalue weighted by molar-refractivity contribution is -0.143. The predicted octanol–water partition coefficient (Wildman–Crippen LogP) is 3.02. The van der Waals surface area contributed by atoms with Gasteiger partial charge in [0.15, 0.2) is 0 Å². The van der Waals surface area contributed by atoms with E-state index in [2.05, 4.69) is 10.6 Å². The second-order valence-electron chi connectivity index (χ2n) is 8.79. The van der Waals surface area contributed by atoms with Crippen molar-refractivity contribution in [2.45, 2.75) is 46.1 Å². The number of rotatable bonds is 8. The highest BCUT2D eigenvalue weighted by Gasteiger charge is 2.37. The van der Waals surface area contributed by atoms with Crippen LogP contribution >= 0.6 is 11.6 Å². The summed E-state index contributed by atoms with van der Waals surface area (Å²) in [6.07, 6.45) is 3.05. The molecule has 1 aromatic carbocycles. The average Bonchev–Trinajstić information content (AvgIpc) is 2.66. The topological polar surface area (TPSA) is 120 Å². The SMILES string of the molecule is COc1ccc(Cl)cc1NC(=O)NC(C(=O)N(CC(=O)NO)CC1CCC1)C(C)(C)C. The van der Waals surface area contributed by atoms with Gasteiger partial charge in [-0.1, -0.05) is 38.8 Å². The number of hydrogen-bond donors (Lipinski definition) is 4. The van der Waals surface area contributed by atoms with E-state index in [0.717, 1.165) is 19.3 Å². The Bertz CT molecular complexity index is 807. The molecular formula is C21H31ClN4O5. The fourth-order valence-corrected chi connectivity index (χ4v) is 3.50. The zero-order valence-corrected chi connectivity index (χ0v) is 19.1. The monoisotopic (exact) mass is 454 g/mol. The van der Waals surface area contributed by atoms with Gasteiger partial charge in [-0.15, -0.1) is 0 Å². The van der Waals surface area contributed by atoms with Gasteiger partial charge in [0.25, 0.3) is 5.91 Å². The van der Waals surface area contributed by atoms with Crippen LogP contribution in [0.25, 0.3) is 0 Å². The number of ether oxygens (including phenoxy) is 1. The maximum absolute atomic E-state index is 13.4. The van der Waals surface area contributed by atoms with Crippen molar-refractivity contribution in [1.29, 1.82) is 0 Å². The summed E-state index contributed by atoms with van der Waals surface area (Å²) in [4.78, 5) is 39.3. The minimum atomic E-state index is -0.913. The summed E-state index contributed by atoms with van der Waals surface area (Å²) >= 11 is 6.01. The van der Waals surface area contributed by atoms with Crippen LogP contribution in [0.4, 0.5) is 10.5 Å². The largest absolute Gasteiger partial charge is 0.495 e. The number of amides is 4. The molecule has 31 heavy (non-hydrogen) atoms. The highest BCUT2D eigenvalue weighted by atomic mass is 35.5. The second kappa shape index (κ2) is 10.7. The number of hydroxylamine groups is 1. The molecule has 1 aliphatic rings. The molecule has 4 amide bonds. The number of halogens is 1. The van der Waals surface area contributed by atoms with Crippen molar-refractivity contribution in [3.05, 3.63) is 23.2 Å². The highest BCUT2D eigenvalue weighted by molar-refractivity contribution is 6.31. The summed E-state index contributed by atoms with van der Waals surface area (Å²) in [6, 6.07) is 3.28. The van der Waals surface area contributed by atoms with E-state index in [4.69, 9.17) is 21.5 Å². The van der Waals surface area contributed by atoms with Crippen LogP contribution in [0.5, 0.6) is 5.75 Å². The van der Waals surface area contributed by atoms with Gasteiger partial charge in [-0.2, -0.15) is 0 Å². The Morgan fingerprint density at radius 3 is 2.48 bits per heavy atom. The quantitative estimate of drug-likeness (QED) is 0.355. The minimum absolute atomic E-state index is 0.288. The number of anilines is 1.